The molecule has 1 amide bonds. The van der Waals surface area contributed by atoms with Crippen LogP contribution in [0.2, 0.25) is 0 Å². The number of amides is 1. The lowest BCUT2D eigenvalue weighted by Crippen LogP contribution is -2.40. The SMILES string of the molecule is CC[C@@H]1CCN2C(=O)CCC2C1.c1cc2c(s1)Cn1cncc1-2. The summed E-state index contributed by atoms with van der Waals surface area (Å²) in [5.74, 6) is 1.28. The van der Waals surface area contributed by atoms with Gasteiger partial charge in [0.05, 0.1) is 24.8 Å². The van der Waals surface area contributed by atoms with E-state index in [1.165, 1.54) is 35.4 Å². The molecule has 122 valence electrons. The van der Waals surface area contributed by atoms with Crippen LogP contribution in [0.5, 0.6) is 0 Å². The first-order valence-corrected chi connectivity index (χ1v) is 9.50. The Bertz CT molecular complexity index is 666. The highest BCUT2D eigenvalue weighted by Crippen LogP contribution is 2.34. The minimum Gasteiger partial charge on any atom is -0.340 e. The van der Waals surface area contributed by atoms with E-state index >= 15 is 0 Å². The van der Waals surface area contributed by atoms with Crippen LogP contribution in [0.25, 0.3) is 11.3 Å². The van der Waals surface area contributed by atoms with Crippen molar-refractivity contribution in [1.29, 1.82) is 0 Å². The predicted octanol–water partition coefficient (Wildman–Crippen LogP) is 3.77. The number of rotatable bonds is 1. The van der Waals surface area contributed by atoms with Gasteiger partial charge in [0.25, 0.3) is 0 Å². The molecule has 0 saturated carbocycles. The van der Waals surface area contributed by atoms with Crippen molar-refractivity contribution in [3.05, 3.63) is 28.8 Å². The average molecular weight is 329 g/mol. The van der Waals surface area contributed by atoms with Gasteiger partial charge in [0.2, 0.25) is 5.91 Å². The fourth-order valence-electron chi connectivity index (χ4n) is 4.06. The Kier molecular flexibility index (Phi) is 3.97. The van der Waals surface area contributed by atoms with Crippen LogP contribution in [0.4, 0.5) is 0 Å². The summed E-state index contributed by atoms with van der Waals surface area (Å²) in [5, 5.41) is 2.14. The summed E-state index contributed by atoms with van der Waals surface area (Å²) < 4.78 is 2.18. The summed E-state index contributed by atoms with van der Waals surface area (Å²) in [6.07, 6.45) is 9.54. The van der Waals surface area contributed by atoms with Gasteiger partial charge in [-0.25, -0.2) is 4.98 Å². The highest BCUT2D eigenvalue weighted by molar-refractivity contribution is 7.10. The molecule has 3 aliphatic rings. The molecule has 0 aliphatic carbocycles. The van der Waals surface area contributed by atoms with E-state index in [4.69, 9.17) is 0 Å². The number of aromatic nitrogens is 2. The number of nitrogens with zero attached hydrogens (tertiary/aromatic N) is 3. The van der Waals surface area contributed by atoms with Gasteiger partial charge in [-0.15, -0.1) is 11.3 Å². The Labute approximate surface area is 141 Å². The molecule has 2 aromatic rings. The zero-order valence-electron chi connectivity index (χ0n) is 13.6. The lowest BCUT2D eigenvalue weighted by Gasteiger charge is -2.34. The van der Waals surface area contributed by atoms with Crippen molar-refractivity contribution in [2.75, 3.05) is 6.54 Å². The zero-order valence-corrected chi connectivity index (χ0v) is 14.4. The molecule has 1 unspecified atom stereocenters. The second-order valence-electron chi connectivity index (χ2n) is 6.74. The highest BCUT2D eigenvalue weighted by atomic mass is 32.1. The number of hydrogen-bond acceptors (Lipinski definition) is 3. The van der Waals surface area contributed by atoms with E-state index < -0.39 is 0 Å². The van der Waals surface area contributed by atoms with Crippen LogP contribution in [0, 0.1) is 5.92 Å². The summed E-state index contributed by atoms with van der Waals surface area (Å²) >= 11 is 1.82. The van der Waals surface area contributed by atoms with Gasteiger partial charge in [-0.05, 0) is 36.6 Å². The largest absolute Gasteiger partial charge is 0.340 e. The maximum Gasteiger partial charge on any atom is 0.222 e. The molecule has 0 aromatic carbocycles. The van der Waals surface area contributed by atoms with Crippen molar-refractivity contribution in [3.63, 3.8) is 0 Å². The number of piperidine rings is 1. The van der Waals surface area contributed by atoms with Crippen LogP contribution in [0.3, 0.4) is 0 Å². The third-order valence-electron chi connectivity index (χ3n) is 5.46. The molecule has 0 radical (unpaired) electrons. The van der Waals surface area contributed by atoms with E-state index in [2.05, 4.69) is 32.8 Å². The summed E-state index contributed by atoms with van der Waals surface area (Å²) in [6.45, 7) is 4.31. The van der Waals surface area contributed by atoms with Gasteiger partial charge in [0, 0.05) is 29.4 Å². The van der Waals surface area contributed by atoms with E-state index in [0.29, 0.717) is 11.9 Å². The maximum absolute atomic E-state index is 11.3. The molecule has 0 spiro atoms. The summed E-state index contributed by atoms with van der Waals surface area (Å²) in [4.78, 5) is 19.0. The molecular formula is C18H23N3OS. The van der Waals surface area contributed by atoms with E-state index in [0.717, 1.165) is 31.8 Å². The monoisotopic (exact) mass is 329 g/mol. The molecule has 2 saturated heterocycles. The molecule has 0 bridgehead atoms. The first-order valence-electron chi connectivity index (χ1n) is 8.62. The van der Waals surface area contributed by atoms with Crippen molar-refractivity contribution in [3.8, 4) is 11.3 Å². The van der Waals surface area contributed by atoms with E-state index in [-0.39, 0.29) is 0 Å². The molecular weight excluding hydrogens is 306 g/mol. The molecule has 2 atom stereocenters. The van der Waals surface area contributed by atoms with E-state index in [1.807, 2.05) is 23.9 Å². The van der Waals surface area contributed by atoms with Gasteiger partial charge >= 0.3 is 0 Å². The third-order valence-corrected chi connectivity index (χ3v) is 6.37. The third kappa shape index (κ3) is 2.71. The number of thiophene rings is 1. The molecule has 5 rings (SSSR count). The molecule has 23 heavy (non-hydrogen) atoms. The second kappa shape index (κ2) is 6.11. The molecule has 0 N–H and O–H groups in total. The van der Waals surface area contributed by atoms with Crippen molar-refractivity contribution in [2.45, 2.75) is 51.6 Å². The summed E-state index contributed by atoms with van der Waals surface area (Å²) in [6, 6.07) is 2.77. The van der Waals surface area contributed by atoms with Gasteiger partial charge in [0.1, 0.15) is 0 Å². The molecule has 4 nitrogen and oxygen atoms in total. The lowest BCUT2D eigenvalue weighted by atomic mass is 9.89. The van der Waals surface area contributed by atoms with Gasteiger partial charge in [-0.3, -0.25) is 4.79 Å². The number of fused-ring (bicyclic) bond motifs is 4. The molecule has 5 heterocycles. The zero-order chi connectivity index (χ0) is 15.8. The number of hydrogen-bond donors (Lipinski definition) is 0. The molecule has 2 aromatic heterocycles. The summed E-state index contributed by atoms with van der Waals surface area (Å²) in [7, 11) is 0. The normalized spacial score (nSPS) is 24.7. The van der Waals surface area contributed by atoms with Crippen LogP contribution < -0.4 is 0 Å². The minimum absolute atomic E-state index is 0.398. The number of imidazole rings is 1. The molecule has 2 fully saturated rings. The van der Waals surface area contributed by atoms with Crippen molar-refractivity contribution >= 4 is 17.2 Å². The minimum atomic E-state index is 0.398. The Morgan fingerprint density at radius 3 is 3.17 bits per heavy atom. The van der Waals surface area contributed by atoms with Gasteiger partial charge in [-0.1, -0.05) is 13.3 Å². The quantitative estimate of drug-likeness (QED) is 0.681. The molecule has 5 heteroatoms. The van der Waals surface area contributed by atoms with Crippen molar-refractivity contribution in [1.82, 2.24) is 14.5 Å². The number of carbonyl (C=O) groups excluding carboxylic acids is 1. The van der Waals surface area contributed by atoms with Crippen LogP contribution in [-0.4, -0.2) is 32.9 Å². The van der Waals surface area contributed by atoms with Crippen LogP contribution in [0.15, 0.2) is 24.0 Å². The first kappa shape index (κ1) is 14.9. The summed E-state index contributed by atoms with van der Waals surface area (Å²) in [5.41, 5.74) is 2.63. The van der Waals surface area contributed by atoms with Gasteiger partial charge in [-0.2, -0.15) is 0 Å². The smallest absolute Gasteiger partial charge is 0.222 e. The Balaban J connectivity index is 0.000000118. The van der Waals surface area contributed by atoms with Crippen LogP contribution >= 0.6 is 11.3 Å². The van der Waals surface area contributed by atoms with E-state index in [1.54, 1.807) is 0 Å². The Morgan fingerprint density at radius 2 is 2.30 bits per heavy atom. The number of carbonyl (C=O) groups is 1. The van der Waals surface area contributed by atoms with E-state index in [9.17, 15) is 4.79 Å². The maximum atomic E-state index is 11.3. The Morgan fingerprint density at radius 1 is 1.39 bits per heavy atom. The standard InChI is InChI=1S/C10H17NO.C8H6N2S/c1-2-8-5-6-11-9(7-8)3-4-10(11)12;1-2-11-8-4-10-5-9-3-7(10)6(1)8/h8-9H,2-7H2,1H3;1-3,5H,4H2/t8-,9?;/m1./s1. The fraction of sp³-hybridized carbons (Fsp3) is 0.556. The van der Waals surface area contributed by atoms with Crippen molar-refractivity contribution < 1.29 is 4.79 Å². The van der Waals surface area contributed by atoms with Gasteiger partial charge in [0.15, 0.2) is 0 Å². The van der Waals surface area contributed by atoms with Crippen molar-refractivity contribution in [2.24, 2.45) is 5.92 Å². The topological polar surface area (TPSA) is 38.1 Å². The highest BCUT2D eigenvalue weighted by Gasteiger charge is 2.35. The molecule has 3 aliphatic heterocycles. The van der Waals surface area contributed by atoms with Crippen LogP contribution in [0.1, 0.15) is 43.9 Å². The van der Waals surface area contributed by atoms with Gasteiger partial charge < -0.3 is 9.47 Å². The second-order valence-corrected chi connectivity index (χ2v) is 7.74. The predicted molar refractivity (Wildman–Crippen MR) is 92.4 cm³/mol. The first-order chi connectivity index (χ1) is 11.3. The average Bonchev–Trinajstić information content (AvgIpc) is 3.30. The lowest BCUT2D eigenvalue weighted by molar-refractivity contribution is -0.130. The Hall–Kier alpha value is -1.62. The fourth-order valence-corrected chi connectivity index (χ4v) is 4.94. The van der Waals surface area contributed by atoms with Crippen LogP contribution in [-0.2, 0) is 11.3 Å².